The molecule has 0 aromatic carbocycles. The number of carbonyl (C=O) groups is 1. The van der Waals surface area contributed by atoms with Crippen LogP contribution in [0, 0.1) is 5.21 Å². The monoisotopic (exact) mass is 140 g/mol. The third-order valence-corrected chi connectivity index (χ3v) is 1.24. The van der Waals surface area contributed by atoms with Crippen LogP contribution in [0.5, 0.6) is 0 Å². The van der Waals surface area contributed by atoms with Crippen molar-refractivity contribution in [3.8, 4) is 0 Å². The Balaban J connectivity index is 3.08. The minimum Gasteiger partial charge on any atom is -0.759 e. The van der Waals surface area contributed by atoms with Gasteiger partial charge in [0.05, 0.1) is 6.20 Å². The normalized spacial score (nSPS) is 9.40. The Labute approximate surface area is 57.3 Å². The molecular weight excluding hydrogens is 134 g/mol. The highest BCUT2D eigenvalue weighted by Crippen LogP contribution is 2.03. The lowest BCUT2D eigenvalue weighted by Gasteiger charge is -2.07. The number of imidazole rings is 1. The fraction of sp³-hybridized carbons (Fsp3) is 0.200. The van der Waals surface area contributed by atoms with E-state index in [-0.39, 0.29) is 5.95 Å². The van der Waals surface area contributed by atoms with Crippen LogP contribution in [0.25, 0.3) is 0 Å². The zero-order chi connectivity index (χ0) is 7.56. The Morgan fingerprint density at radius 1 is 1.90 bits per heavy atom. The van der Waals surface area contributed by atoms with Crippen LogP contribution < -0.4 is 5.48 Å². The van der Waals surface area contributed by atoms with Crippen molar-refractivity contribution in [1.29, 1.82) is 0 Å². The Morgan fingerprint density at radius 2 is 2.60 bits per heavy atom. The van der Waals surface area contributed by atoms with E-state index in [0.717, 1.165) is 0 Å². The van der Waals surface area contributed by atoms with E-state index >= 15 is 0 Å². The van der Waals surface area contributed by atoms with Gasteiger partial charge in [0.1, 0.15) is 5.69 Å². The molecule has 1 aromatic heterocycles. The lowest BCUT2D eigenvalue weighted by molar-refractivity contribution is 0.111. The number of hydrogen-bond acceptors (Lipinski definition) is 4. The summed E-state index contributed by atoms with van der Waals surface area (Å²) in [5.41, 5.74) is 1.97. The van der Waals surface area contributed by atoms with Crippen LogP contribution >= 0.6 is 0 Å². The molecule has 1 N–H and O–H groups in total. The van der Waals surface area contributed by atoms with Gasteiger partial charge < -0.3 is 15.3 Å². The average molecular weight is 140 g/mol. The molecule has 0 spiro atoms. The summed E-state index contributed by atoms with van der Waals surface area (Å²) < 4.78 is 1.38. The summed E-state index contributed by atoms with van der Waals surface area (Å²) in [7, 11) is 1.58. The number of aldehydes is 1. The van der Waals surface area contributed by atoms with Gasteiger partial charge in [-0.25, -0.2) is 4.98 Å². The zero-order valence-electron chi connectivity index (χ0n) is 5.37. The quantitative estimate of drug-likeness (QED) is 0.468. The van der Waals surface area contributed by atoms with Crippen LogP contribution in [0.4, 0.5) is 5.95 Å². The van der Waals surface area contributed by atoms with Crippen LogP contribution in [0.2, 0.25) is 0 Å². The number of hydrogen-bond donors (Lipinski definition) is 1. The number of aromatic nitrogens is 2. The van der Waals surface area contributed by atoms with Gasteiger partial charge >= 0.3 is 0 Å². The molecule has 0 aliphatic heterocycles. The smallest absolute Gasteiger partial charge is 0.192 e. The number of nitrogens with zero attached hydrogens (tertiary/aromatic N) is 2. The van der Waals surface area contributed by atoms with Crippen molar-refractivity contribution in [2.45, 2.75) is 0 Å². The number of rotatable bonds is 2. The second kappa shape index (κ2) is 2.49. The maximum absolute atomic E-state index is 10.2. The molecule has 0 amide bonds. The second-order valence-electron chi connectivity index (χ2n) is 1.79. The summed E-state index contributed by atoms with van der Waals surface area (Å²) in [6.07, 6.45) is 1.96. The molecule has 54 valence electrons. The highest BCUT2D eigenvalue weighted by atomic mass is 16.5. The van der Waals surface area contributed by atoms with Crippen molar-refractivity contribution in [3.63, 3.8) is 0 Å². The van der Waals surface area contributed by atoms with E-state index in [0.29, 0.717) is 12.0 Å². The standard InChI is InChI=1S/C5H6N3O2/c1-8-4(3-9)2-6-5(8)7-10/h2-3H,1H3,(H-,6,7,9,10)/q-1. The first-order valence-corrected chi connectivity index (χ1v) is 2.64. The molecule has 0 saturated carbocycles. The molecule has 0 bridgehead atoms. The fourth-order valence-electron chi connectivity index (χ4n) is 0.627. The van der Waals surface area contributed by atoms with E-state index in [1.54, 1.807) is 12.5 Å². The number of carbonyl (C=O) groups excluding carboxylic acids is 1. The number of anilines is 1. The molecule has 0 aliphatic rings. The van der Waals surface area contributed by atoms with Crippen LogP contribution in [-0.2, 0) is 7.05 Å². The van der Waals surface area contributed by atoms with Gasteiger partial charge in [-0.05, 0) is 0 Å². The van der Waals surface area contributed by atoms with Crippen molar-refractivity contribution in [2.75, 3.05) is 5.48 Å². The third-order valence-electron chi connectivity index (χ3n) is 1.24. The molecule has 0 radical (unpaired) electrons. The van der Waals surface area contributed by atoms with Gasteiger partial charge in [0, 0.05) is 7.05 Å². The molecule has 5 nitrogen and oxygen atoms in total. The van der Waals surface area contributed by atoms with Gasteiger partial charge in [-0.2, -0.15) is 0 Å². The first-order valence-electron chi connectivity index (χ1n) is 2.64. The summed E-state index contributed by atoms with van der Waals surface area (Å²) in [5.74, 6) is 0.141. The summed E-state index contributed by atoms with van der Waals surface area (Å²) in [5, 5.41) is 10.0. The fourth-order valence-corrected chi connectivity index (χ4v) is 0.627. The first-order chi connectivity index (χ1) is 4.79. The molecule has 0 unspecified atom stereocenters. The van der Waals surface area contributed by atoms with Gasteiger partial charge in [-0.1, -0.05) is 0 Å². The highest BCUT2D eigenvalue weighted by Gasteiger charge is 1.99. The Bertz CT molecular complexity index is 243. The van der Waals surface area contributed by atoms with Crippen molar-refractivity contribution < 1.29 is 4.79 Å². The third kappa shape index (κ3) is 0.863. The Hall–Kier alpha value is -1.36. The SMILES string of the molecule is Cn1c(C=O)cnc1N[O-]. The molecule has 5 heteroatoms. The van der Waals surface area contributed by atoms with Crippen LogP contribution in [0.1, 0.15) is 10.5 Å². The molecule has 0 aliphatic carbocycles. The molecule has 0 atom stereocenters. The van der Waals surface area contributed by atoms with Gasteiger partial charge in [-0.15, -0.1) is 0 Å². The maximum Gasteiger partial charge on any atom is 0.192 e. The minimum atomic E-state index is 0.141. The molecule has 10 heavy (non-hydrogen) atoms. The van der Waals surface area contributed by atoms with Crippen LogP contribution in [-0.4, -0.2) is 15.8 Å². The lowest BCUT2D eigenvalue weighted by Crippen LogP contribution is -1.99. The van der Waals surface area contributed by atoms with Gasteiger partial charge in [0.2, 0.25) is 0 Å². The van der Waals surface area contributed by atoms with E-state index in [4.69, 9.17) is 0 Å². The zero-order valence-corrected chi connectivity index (χ0v) is 5.37. The summed E-state index contributed by atoms with van der Waals surface area (Å²) in [4.78, 5) is 13.8. The van der Waals surface area contributed by atoms with Crippen molar-refractivity contribution in [3.05, 3.63) is 17.1 Å². The molecule has 0 saturated heterocycles. The van der Waals surface area contributed by atoms with Crippen molar-refractivity contribution in [2.24, 2.45) is 7.05 Å². The Kier molecular flexibility index (Phi) is 1.68. The molecule has 1 aromatic rings. The van der Waals surface area contributed by atoms with Gasteiger partial charge in [0.25, 0.3) is 0 Å². The highest BCUT2D eigenvalue weighted by molar-refractivity contribution is 5.72. The summed E-state index contributed by atoms with van der Waals surface area (Å²) in [6.45, 7) is 0. The molecule has 1 rings (SSSR count). The van der Waals surface area contributed by atoms with E-state index in [1.165, 1.54) is 10.8 Å². The second-order valence-corrected chi connectivity index (χ2v) is 1.79. The predicted molar refractivity (Wildman–Crippen MR) is 35.6 cm³/mol. The van der Waals surface area contributed by atoms with E-state index in [1.807, 2.05) is 0 Å². The predicted octanol–water partition coefficient (Wildman–Crippen LogP) is 0.142. The first kappa shape index (κ1) is 6.76. The van der Waals surface area contributed by atoms with Crippen LogP contribution in [0.3, 0.4) is 0 Å². The topological polar surface area (TPSA) is 70.0 Å². The summed E-state index contributed by atoms with van der Waals surface area (Å²) in [6, 6.07) is 0. The Morgan fingerprint density at radius 3 is 2.90 bits per heavy atom. The minimum absolute atomic E-state index is 0.141. The maximum atomic E-state index is 10.2. The van der Waals surface area contributed by atoms with E-state index in [2.05, 4.69) is 4.98 Å². The largest absolute Gasteiger partial charge is 0.759 e. The van der Waals surface area contributed by atoms with Crippen LogP contribution in [0.15, 0.2) is 6.20 Å². The van der Waals surface area contributed by atoms with Crippen molar-refractivity contribution >= 4 is 12.2 Å². The number of nitrogens with one attached hydrogen (secondary N) is 1. The molecule has 0 fully saturated rings. The van der Waals surface area contributed by atoms with Gasteiger partial charge in [-0.3, -0.25) is 4.79 Å². The molecule has 1 heterocycles. The lowest BCUT2D eigenvalue weighted by atomic mass is 10.5. The van der Waals surface area contributed by atoms with Gasteiger partial charge in [0.15, 0.2) is 12.2 Å². The van der Waals surface area contributed by atoms with E-state index < -0.39 is 0 Å². The summed E-state index contributed by atoms with van der Waals surface area (Å²) >= 11 is 0. The molecular formula is C5H6N3O2-. The van der Waals surface area contributed by atoms with E-state index in [9.17, 15) is 10.0 Å². The average Bonchev–Trinajstić information content (AvgIpc) is 2.30. The van der Waals surface area contributed by atoms with Crippen molar-refractivity contribution in [1.82, 2.24) is 9.55 Å².